The first kappa shape index (κ1) is 13.5. The summed E-state index contributed by atoms with van der Waals surface area (Å²) in [6.45, 7) is 5.90. The average molecular weight is 276 g/mol. The van der Waals surface area contributed by atoms with E-state index in [-0.39, 0.29) is 5.91 Å². The molecule has 2 aromatic rings. The maximum atomic E-state index is 12.1. The number of carbonyl (C=O) groups excluding carboxylic acids is 1. The molecule has 2 rings (SSSR count). The van der Waals surface area contributed by atoms with Gasteiger partial charge in [-0.3, -0.25) is 15.1 Å². The fourth-order valence-electron chi connectivity index (χ4n) is 1.55. The van der Waals surface area contributed by atoms with Crippen molar-refractivity contribution in [1.82, 2.24) is 9.97 Å². The first-order valence-corrected chi connectivity index (χ1v) is 6.84. The summed E-state index contributed by atoms with van der Waals surface area (Å²) in [6, 6.07) is 1.62. The van der Waals surface area contributed by atoms with Gasteiger partial charge in [0.1, 0.15) is 0 Å². The topological polar surface area (TPSA) is 80.9 Å². The van der Waals surface area contributed by atoms with Gasteiger partial charge in [-0.25, -0.2) is 4.98 Å². The van der Waals surface area contributed by atoms with Crippen LogP contribution in [0.15, 0.2) is 17.6 Å². The van der Waals surface area contributed by atoms with E-state index in [4.69, 9.17) is 5.73 Å². The van der Waals surface area contributed by atoms with E-state index in [2.05, 4.69) is 29.1 Å². The number of nitrogens with one attached hydrogen (secondary N) is 1. The minimum absolute atomic E-state index is 0.234. The third-order valence-corrected chi connectivity index (χ3v) is 3.46. The summed E-state index contributed by atoms with van der Waals surface area (Å²) < 4.78 is 0. The lowest BCUT2D eigenvalue weighted by atomic mass is 10.2. The molecule has 100 valence electrons. The second kappa shape index (κ2) is 5.36. The Bertz CT molecular complexity index is 606. The van der Waals surface area contributed by atoms with Gasteiger partial charge >= 0.3 is 0 Å². The van der Waals surface area contributed by atoms with Gasteiger partial charge in [0.15, 0.2) is 5.13 Å². The van der Waals surface area contributed by atoms with E-state index in [1.807, 2.05) is 5.38 Å². The van der Waals surface area contributed by atoms with Crippen molar-refractivity contribution < 1.29 is 4.79 Å². The molecule has 0 aliphatic carbocycles. The Hall–Kier alpha value is -1.95. The van der Waals surface area contributed by atoms with Gasteiger partial charge in [-0.05, 0) is 18.9 Å². The maximum Gasteiger partial charge on any atom is 0.259 e. The first-order chi connectivity index (χ1) is 8.97. The number of nitrogens with zero attached hydrogens (tertiary/aromatic N) is 2. The standard InChI is InChI=1S/C13H16N4OS/c1-7(2)11-6-19-13(16-11)17-12(18)10-4-9(14)5-15-8(10)3/h4-7H,14H2,1-3H3,(H,16,17,18). The van der Waals surface area contributed by atoms with Gasteiger partial charge in [0.05, 0.1) is 28.8 Å². The highest BCUT2D eigenvalue weighted by molar-refractivity contribution is 7.14. The Morgan fingerprint density at radius 2 is 2.21 bits per heavy atom. The molecule has 0 aliphatic heterocycles. The molecular formula is C13H16N4OS. The lowest BCUT2D eigenvalue weighted by molar-refractivity contribution is 0.102. The number of carbonyl (C=O) groups is 1. The molecule has 6 heteroatoms. The summed E-state index contributed by atoms with van der Waals surface area (Å²) in [5, 5.41) is 5.32. The number of aryl methyl sites for hydroxylation is 1. The third kappa shape index (κ3) is 3.08. The fourth-order valence-corrected chi connectivity index (χ4v) is 2.42. The molecule has 0 bridgehead atoms. The summed E-state index contributed by atoms with van der Waals surface area (Å²) in [7, 11) is 0. The highest BCUT2D eigenvalue weighted by Gasteiger charge is 2.13. The van der Waals surface area contributed by atoms with Crippen LogP contribution in [0.4, 0.5) is 10.8 Å². The van der Waals surface area contributed by atoms with Gasteiger partial charge < -0.3 is 5.73 Å². The smallest absolute Gasteiger partial charge is 0.259 e. The quantitative estimate of drug-likeness (QED) is 0.903. The van der Waals surface area contributed by atoms with E-state index >= 15 is 0 Å². The number of pyridine rings is 1. The molecule has 1 amide bonds. The van der Waals surface area contributed by atoms with Crippen LogP contribution in [-0.2, 0) is 0 Å². The molecule has 0 atom stereocenters. The number of hydrogen-bond donors (Lipinski definition) is 2. The van der Waals surface area contributed by atoms with Crippen molar-refractivity contribution in [2.24, 2.45) is 0 Å². The molecule has 19 heavy (non-hydrogen) atoms. The average Bonchev–Trinajstić information content (AvgIpc) is 2.80. The number of nitrogen functional groups attached to an aromatic ring is 1. The minimum Gasteiger partial charge on any atom is -0.397 e. The Labute approximate surface area is 115 Å². The Balaban J connectivity index is 2.18. The van der Waals surface area contributed by atoms with E-state index in [0.717, 1.165) is 5.69 Å². The van der Waals surface area contributed by atoms with E-state index in [0.29, 0.717) is 28.0 Å². The zero-order valence-electron chi connectivity index (χ0n) is 11.1. The molecule has 3 N–H and O–H groups in total. The number of rotatable bonds is 3. The number of nitrogens with two attached hydrogens (primary N) is 1. The number of aromatic nitrogens is 2. The van der Waals surface area contributed by atoms with Crippen LogP contribution in [0.5, 0.6) is 0 Å². The van der Waals surface area contributed by atoms with Crippen LogP contribution >= 0.6 is 11.3 Å². The summed E-state index contributed by atoms with van der Waals surface area (Å²) in [4.78, 5) is 20.6. The number of thiazole rings is 1. The SMILES string of the molecule is Cc1ncc(N)cc1C(=O)Nc1nc(C(C)C)cs1. The van der Waals surface area contributed by atoms with E-state index < -0.39 is 0 Å². The lowest BCUT2D eigenvalue weighted by Crippen LogP contribution is -2.14. The van der Waals surface area contributed by atoms with E-state index in [1.54, 1.807) is 13.0 Å². The van der Waals surface area contributed by atoms with Crippen molar-refractivity contribution >= 4 is 28.1 Å². The van der Waals surface area contributed by atoms with Crippen molar-refractivity contribution in [3.8, 4) is 0 Å². The molecule has 0 unspecified atom stereocenters. The molecule has 0 fully saturated rings. The largest absolute Gasteiger partial charge is 0.397 e. The third-order valence-electron chi connectivity index (χ3n) is 2.69. The van der Waals surface area contributed by atoms with Crippen molar-refractivity contribution in [3.05, 3.63) is 34.6 Å². The summed E-state index contributed by atoms with van der Waals surface area (Å²) >= 11 is 1.42. The van der Waals surface area contributed by atoms with Gasteiger partial charge in [-0.2, -0.15) is 0 Å². The van der Waals surface area contributed by atoms with Crippen molar-refractivity contribution in [2.45, 2.75) is 26.7 Å². The number of amides is 1. The predicted molar refractivity (Wildman–Crippen MR) is 77.5 cm³/mol. The Kier molecular flexibility index (Phi) is 3.80. The Morgan fingerprint density at radius 1 is 1.47 bits per heavy atom. The van der Waals surface area contributed by atoms with Crippen LogP contribution < -0.4 is 11.1 Å². The molecule has 0 saturated carbocycles. The zero-order valence-corrected chi connectivity index (χ0v) is 11.9. The summed E-state index contributed by atoms with van der Waals surface area (Å²) in [6.07, 6.45) is 1.53. The van der Waals surface area contributed by atoms with Crippen molar-refractivity contribution in [1.29, 1.82) is 0 Å². The van der Waals surface area contributed by atoms with Gasteiger partial charge in [-0.15, -0.1) is 11.3 Å². The summed E-state index contributed by atoms with van der Waals surface area (Å²) in [5.74, 6) is 0.111. The summed E-state index contributed by atoms with van der Waals surface area (Å²) in [5.41, 5.74) is 8.21. The van der Waals surface area contributed by atoms with E-state index in [1.165, 1.54) is 17.5 Å². The Morgan fingerprint density at radius 3 is 2.84 bits per heavy atom. The normalized spacial score (nSPS) is 10.7. The molecule has 0 saturated heterocycles. The fraction of sp³-hybridized carbons (Fsp3) is 0.308. The second-order valence-electron chi connectivity index (χ2n) is 4.59. The number of anilines is 2. The highest BCUT2D eigenvalue weighted by Crippen LogP contribution is 2.22. The highest BCUT2D eigenvalue weighted by atomic mass is 32.1. The molecule has 2 heterocycles. The van der Waals surface area contributed by atoms with Crippen LogP contribution in [0.25, 0.3) is 0 Å². The molecule has 0 aliphatic rings. The first-order valence-electron chi connectivity index (χ1n) is 5.96. The molecular weight excluding hydrogens is 260 g/mol. The molecule has 2 aromatic heterocycles. The lowest BCUT2D eigenvalue weighted by Gasteiger charge is -2.05. The zero-order chi connectivity index (χ0) is 14.0. The van der Waals surface area contributed by atoms with Gasteiger partial charge in [0, 0.05) is 5.38 Å². The molecule has 0 aromatic carbocycles. The maximum absolute atomic E-state index is 12.1. The second-order valence-corrected chi connectivity index (χ2v) is 5.45. The van der Waals surface area contributed by atoms with Crippen LogP contribution in [0.3, 0.4) is 0 Å². The minimum atomic E-state index is -0.234. The number of hydrogen-bond acceptors (Lipinski definition) is 5. The van der Waals surface area contributed by atoms with E-state index in [9.17, 15) is 4.79 Å². The molecule has 0 radical (unpaired) electrons. The van der Waals surface area contributed by atoms with Crippen molar-refractivity contribution in [2.75, 3.05) is 11.1 Å². The van der Waals surface area contributed by atoms with Gasteiger partial charge in [0.25, 0.3) is 5.91 Å². The molecule has 0 spiro atoms. The monoisotopic (exact) mass is 276 g/mol. The van der Waals surface area contributed by atoms with Crippen LogP contribution in [0.1, 0.15) is 41.5 Å². The predicted octanol–water partition coefficient (Wildman–Crippen LogP) is 2.80. The van der Waals surface area contributed by atoms with Crippen LogP contribution in [-0.4, -0.2) is 15.9 Å². The van der Waals surface area contributed by atoms with Crippen molar-refractivity contribution in [3.63, 3.8) is 0 Å². The van der Waals surface area contributed by atoms with Gasteiger partial charge in [-0.1, -0.05) is 13.8 Å². The molecule has 5 nitrogen and oxygen atoms in total. The van der Waals surface area contributed by atoms with Gasteiger partial charge in [0.2, 0.25) is 0 Å². The van der Waals surface area contributed by atoms with Crippen LogP contribution in [0, 0.1) is 6.92 Å². The van der Waals surface area contributed by atoms with Crippen LogP contribution in [0.2, 0.25) is 0 Å².